The number of fused-ring (bicyclic) bond motifs is 1. The fourth-order valence-electron chi connectivity index (χ4n) is 2.29. The molecule has 0 bridgehead atoms. The summed E-state index contributed by atoms with van der Waals surface area (Å²) in [6.07, 6.45) is 1.61. The third kappa shape index (κ3) is 1.75. The zero-order valence-electron chi connectivity index (χ0n) is 10.9. The molecule has 0 amide bonds. The van der Waals surface area contributed by atoms with E-state index in [0.29, 0.717) is 17.3 Å². The van der Waals surface area contributed by atoms with Gasteiger partial charge < -0.3 is 5.73 Å². The van der Waals surface area contributed by atoms with Gasteiger partial charge in [-0.15, -0.1) is 5.10 Å². The van der Waals surface area contributed by atoms with E-state index in [2.05, 4.69) is 25.5 Å². The molecule has 1 aromatic carbocycles. The van der Waals surface area contributed by atoms with Crippen LogP contribution in [0, 0.1) is 0 Å². The molecule has 0 saturated heterocycles. The normalized spacial score (nSPS) is 11.0. The third-order valence-corrected chi connectivity index (χ3v) is 3.24. The quantitative estimate of drug-likeness (QED) is 0.582. The summed E-state index contributed by atoms with van der Waals surface area (Å²) in [5, 5.41) is 20.4. The average Bonchev–Trinajstić information content (AvgIpc) is 3.10. The summed E-state index contributed by atoms with van der Waals surface area (Å²) in [7, 11) is 0. The molecule has 0 radical (unpaired) electrons. The highest BCUT2D eigenvalue weighted by Crippen LogP contribution is 2.31. The van der Waals surface area contributed by atoms with Crippen LogP contribution >= 0.6 is 0 Å². The maximum absolute atomic E-state index is 6.00. The molecule has 0 aliphatic heterocycles. The molecule has 3 N–H and O–H groups in total. The number of aromatic amines is 1. The second kappa shape index (κ2) is 4.41. The number of anilines is 1. The molecule has 0 aliphatic rings. The molecule has 7 nitrogen and oxygen atoms in total. The number of rotatable bonds is 2. The van der Waals surface area contributed by atoms with E-state index >= 15 is 0 Å². The first-order chi connectivity index (χ1) is 10.3. The highest BCUT2D eigenvalue weighted by atomic mass is 15.4. The number of benzene rings is 1. The van der Waals surface area contributed by atoms with Crippen molar-refractivity contribution in [3.63, 3.8) is 0 Å². The Morgan fingerprint density at radius 2 is 1.90 bits per heavy atom. The molecule has 4 aromatic rings. The van der Waals surface area contributed by atoms with E-state index in [-0.39, 0.29) is 0 Å². The second-order valence-corrected chi connectivity index (χ2v) is 4.54. The Labute approximate surface area is 119 Å². The van der Waals surface area contributed by atoms with Crippen LogP contribution in [0.1, 0.15) is 0 Å². The molecule has 102 valence electrons. The number of aromatic nitrogens is 6. The van der Waals surface area contributed by atoms with Crippen molar-refractivity contribution >= 4 is 16.9 Å². The van der Waals surface area contributed by atoms with Crippen LogP contribution in [-0.4, -0.2) is 30.2 Å². The van der Waals surface area contributed by atoms with Gasteiger partial charge in [-0.05, 0) is 12.1 Å². The number of hydrogen-bond donors (Lipinski definition) is 2. The first-order valence-electron chi connectivity index (χ1n) is 6.40. The van der Waals surface area contributed by atoms with E-state index < -0.39 is 0 Å². The highest BCUT2D eigenvalue weighted by molar-refractivity contribution is 5.99. The number of hydrogen-bond acceptors (Lipinski definition) is 5. The van der Waals surface area contributed by atoms with Crippen molar-refractivity contribution in [2.75, 3.05) is 5.73 Å². The number of nitrogen functional groups attached to an aromatic ring is 1. The van der Waals surface area contributed by atoms with Gasteiger partial charge in [0, 0.05) is 11.8 Å². The smallest absolute Gasteiger partial charge is 0.189 e. The molecule has 0 aliphatic carbocycles. The molecule has 0 atom stereocenters. The van der Waals surface area contributed by atoms with Crippen molar-refractivity contribution < 1.29 is 0 Å². The van der Waals surface area contributed by atoms with Crippen molar-refractivity contribution in [1.82, 2.24) is 30.2 Å². The molecule has 0 saturated carbocycles. The van der Waals surface area contributed by atoms with Crippen LogP contribution in [0.5, 0.6) is 0 Å². The second-order valence-electron chi connectivity index (χ2n) is 4.54. The highest BCUT2D eigenvalue weighted by Gasteiger charge is 2.19. The lowest BCUT2D eigenvalue weighted by molar-refractivity contribution is 0.824. The summed E-state index contributed by atoms with van der Waals surface area (Å²) in [5.74, 6) is 1.08. The summed E-state index contributed by atoms with van der Waals surface area (Å²) in [6.45, 7) is 0. The molecule has 7 heteroatoms. The Kier molecular flexibility index (Phi) is 2.43. The molecular weight excluding hydrogens is 266 g/mol. The van der Waals surface area contributed by atoms with Gasteiger partial charge in [0.1, 0.15) is 11.5 Å². The Bertz CT molecular complexity index is 893. The largest absolute Gasteiger partial charge is 0.383 e. The van der Waals surface area contributed by atoms with Gasteiger partial charge in [0.2, 0.25) is 0 Å². The Morgan fingerprint density at radius 3 is 2.67 bits per heavy atom. The molecule has 3 heterocycles. The molecule has 4 rings (SSSR count). The Balaban J connectivity index is 2.03. The fourth-order valence-corrected chi connectivity index (χ4v) is 2.29. The Hall–Kier alpha value is -3.22. The van der Waals surface area contributed by atoms with Gasteiger partial charge in [0.15, 0.2) is 11.5 Å². The van der Waals surface area contributed by atoms with E-state index in [4.69, 9.17) is 5.73 Å². The summed E-state index contributed by atoms with van der Waals surface area (Å²) in [4.78, 5) is 0. The lowest BCUT2D eigenvalue weighted by atomic mass is 10.1. The lowest BCUT2D eigenvalue weighted by Crippen LogP contribution is -2.01. The predicted molar refractivity (Wildman–Crippen MR) is 78.7 cm³/mol. The maximum Gasteiger partial charge on any atom is 0.189 e. The molecule has 0 fully saturated rings. The van der Waals surface area contributed by atoms with Crippen molar-refractivity contribution in [3.05, 3.63) is 48.7 Å². The van der Waals surface area contributed by atoms with E-state index in [1.54, 1.807) is 16.9 Å². The fraction of sp³-hybridized carbons (Fsp3) is 0. The number of nitrogens with one attached hydrogen (secondary N) is 1. The SMILES string of the molecule is Nc1[nH]nc2c1c(-c1ccccc1)nn2-c1cccnn1. The van der Waals surface area contributed by atoms with Gasteiger partial charge in [0.25, 0.3) is 0 Å². The van der Waals surface area contributed by atoms with Crippen LogP contribution in [0.4, 0.5) is 5.82 Å². The van der Waals surface area contributed by atoms with Crippen molar-refractivity contribution in [2.24, 2.45) is 0 Å². The zero-order valence-corrected chi connectivity index (χ0v) is 10.9. The average molecular weight is 277 g/mol. The predicted octanol–water partition coefficient (Wildman–Crippen LogP) is 1.79. The minimum Gasteiger partial charge on any atom is -0.383 e. The monoisotopic (exact) mass is 277 g/mol. The van der Waals surface area contributed by atoms with Crippen LogP contribution in [0.15, 0.2) is 48.7 Å². The Morgan fingerprint density at radius 1 is 1.05 bits per heavy atom. The molecule has 0 unspecified atom stereocenters. The van der Waals surface area contributed by atoms with Crippen LogP contribution in [0.25, 0.3) is 28.1 Å². The number of nitrogens with two attached hydrogens (primary N) is 1. The van der Waals surface area contributed by atoms with E-state index in [0.717, 1.165) is 16.6 Å². The first-order valence-corrected chi connectivity index (χ1v) is 6.40. The van der Waals surface area contributed by atoms with Crippen LogP contribution in [0.2, 0.25) is 0 Å². The van der Waals surface area contributed by atoms with Crippen LogP contribution in [-0.2, 0) is 0 Å². The summed E-state index contributed by atoms with van der Waals surface area (Å²) in [6, 6.07) is 13.5. The van der Waals surface area contributed by atoms with Crippen LogP contribution < -0.4 is 5.73 Å². The number of nitrogens with zero attached hydrogens (tertiary/aromatic N) is 5. The van der Waals surface area contributed by atoms with E-state index in [1.807, 2.05) is 36.4 Å². The van der Waals surface area contributed by atoms with Gasteiger partial charge in [-0.25, -0.2) is 0 Å². The minimum atomic E-state index is 0.485. The summed E-state index contributed by atoms with van der Waals surface area (Å²) >= 11 is 0. The summed E-state index contributed by atoms with van der Waals surface area (Å²) in [5.41, 5.74) is 8.37. The summed E-state index contributed by atoms with van der Waals surface area (Å²) < 4.78 is 1.64. The maximum atomic E-state index is 6.00. The van der Waals surface area contributed by atoms with Gasteiger partial charge in [-0.2, -0.15) is 20.0 Å². The van der Waals surface area contributed by atoms with E-state index in [1.165, 1.54) is 0 Å². The van der Waals surface area contributed by atoms with Gasteiger partial charge >= 0.3 is 0 Å². The lowest BCUT2D eigenvalue weighted by Gasteiger charge is -1.99. The third-order valence-electron chi connectivity index (χ3n) is 3.24. The molecule has 0 spiro atoms. The van der Waals surface area contributed by atoms with Crippen molar-refractivity contribution in [2.45, 2.75) is 0 Å². The first kappa shape index (κ1) is 11.6. The van der Waals surface area contributed by atoms with E-state index in [9.17, 15) is 0 Å². The topological polar surface area (TPSA) is 98.3 Å². The number of H-pyrrole nitrogens is 1. The molecule has 3 aromatic heterocycles. The van der Waals surface area contributed by atoms with Crippen LogP contribution in [0.3, 0.4) is 0 Å². The zero-order chi connectivity index (χ0) is 14.2. The van der Waals surface area contributed by atoms with Crippen molar-refractivity contribution in [1.29, 1.82) is 0 Å². The molecular formula is C14H11N7. The standard InChI is InChI=1S/C14H11N7/c15-13-11-12(9-5-2-1-3-6-9)20-21(14(11)19-18-13)10-7-4-8-16-17-10/h1-8H,(H3,15,18,19). The molecule has 21 heavy (non-hydrogen) atoms. The van der Waals surface area contributed by atoms with Gasteiger partial charge in [0.05, 0.1) is 5.39 Å². The van der Waals surface area contributed by atoms with Gasteiger partial charge in [-0.1, -0.05) is 30.3 Å². The van der Waals surface area contributed by atoms with Crippen molar-refractivity contribution in [3.8, 4) is 17.1 Å². The van der Waals surface area contributed by atoms with Gasteiger partial charge in [-0.3, -0.25) is 5.10 Å². The minimum absolute atomic E-state index is 0.485.